The number of hydrogen-bond donors (Lipinski definition) is 2. The van der Waals surface area contributed by atoms with Crippen LogP contribution in [0.3, 0.4) is 0 Å². The Labute approximate surface area is 222 Å². The first-order valence-corrected chi connectivity index (χ1v) is 12.6. The minimum Gasteiger partial charge on any atom is -0.341 e. The van der Waals surface area contributed by atoms with Crippen molar-refractivity contribution in [2.75, 3.05) is 25.0 Å². The Balaban J connectivity index is 1.36. The Kier molecular flexibility index (Phi) is 6.57. The van der Waals surface area contributed by atoms with Crippen molar-refractivity contribution in [2.24, 2.45) is 5.92 Å². The molecular weight excluding hydrogens is 510 g/mol. The van der Waals surface area contributed by atoms with Crippen LogP contribution in [0.4, 0.5) is 19.3 Å². The van der Waals surface area contributed by atoms with Crippen molar-refractivity contribution in [2.45, 2.75) is 38.3 Å². The fourth-order valence-corrected chi connectivity index (χ4v) is 5.39. The number of aromatic amines is 1. The maximum Gasteiger partial charge on any atom is 0.331 e. The van der Waals surface area contributed by atoms with E-state index < -0.39 is 46.6 Å². The van der Waals surface area contributed by atoms with E-state index in [1.165, 1.54) is 16.8 Å². The van der Waals surface area contributed by atoms with Crippen molar-refractivity contribution < 1.29 is 28.0 Å². The van der Waals surface area contributed by atoms with E-state index >= 15 is 0 Å². The van der Waals surface area contributed by atoms with Gasteiger partial charge < -0.3 is 10.2 Å². The summed E-state index contributed by atoms with van der Waals surface area (Å²) in [5.41, 5.74) is -0.314. The molecule has 3 heterocycles. The van der Waals surface area contributed by atoms with Gasteiger partial charge in [-0.05, 0) is 55.2 Å². The topological polar surface area (TPSA) is 119 Å². The molecule has 0 saturated carbocycles. The summed E-state index contributed by atoms with van der Waals surface area (Å²) in [6.07, 6.45) is 2.01. The molecule has 3 aromatic rings. The lowest BCUT2D eigenvalue weighted by molar-refractivity contribution is -0.139. The molecule has 10 nitrogen and oxygen atoms in total. The van der Waals surface area contributed by atoms with Crippen LogP contribution in [-0.4, -0.2) is 75.5 Å². The second-order valence-corrected chi connectivity index (χ2v) is 10.3. The first-order chi connectivity index (χ1) is 18.5. The van der Waals surface area contributed by atoms with Crippen molar-refractivity contribution in [1.29, 1.82) is 0 Å². The molecule has 1 spiro atoms. The Hall–Kier alpha value is -4.35. The number of piperidine rings is 1. The number of anilines is 1. The van der Waals surface area contributed by atoms with E-state index in [1.54, 1.807) is 38.2 Å². The van der Waals surface area contributed by atoms with Crippen LogP contribution in [-0.2, 0) is 9.59 Å². The zero-order valence-electron chi connectivity index (χ0n) is 21.7. The summed E-state index contributed by atoms with van der Waals surface area (Å²) in [5, 5.41) is 10.2. The molecular formula is C27H28F2N6O4. The van der Waals surface area contributed by atoms with Crippen LogP contribution in [0.25, 0.3) is 10.9 Å². The van der Waals surface area contributed by atoms with Crippen molar-refractivity contribution in [3.63, 3.8) is 0 Å². The lowest BCUT2D eigenvalue weighted by Crippen LogP contribution is -2.60. The Morgan fingerprint density at radius 2 is 1.79 bits per heavy atom. The molecule has 1 atom stereocenters. The molecule has 0 aliphatic carbocycles. The van der Waals surface area contributed by atoms with Crippen LogP contribution in [0.1, 0.15) is 37.0 Å². The van der Waals surface area contributed by atoms with E-state index in [4.69, 9.17) is 0 Å². The number of benzene rings is 2. The summed E-state index contributed by atoms with van der Waals surface area (Å²) in [5.74, 6) is -3.67. The number of fused-ring (bicyclic) bond motifs is 1. The number of carbonyl (C=O) groups excluding carboxylic acids is 4. The summed E-state index contributed by atoms with van der Waals surface area (Å²) >= 11 is 0. The van der Waals surface area contributed by atoms with Gasteiger partial charge in [0.2, 0.25) is 5.91 Å². The van der Waals surface area contributed by atoms with Gasteiger partial charge >= 0.3 is 6.03 Å². The highest BCUT2D eigenvalue weighted by Crippen LogP contribution is 2.41. The second-order valence-electron chi connectivity index (χ2n) is 10.3. The number of likely N-dealkylation sites (N-methyl/N-ethyl adjacent to an activating group) is 1. The third-order valence-electron chi connectivity index (χ3n) is 7.59. The van der Waals surface area contributed by atoms with Gasteiger partial charge in [0, 0.05) is 31.2 Å². The van der Waals surface area contributed by atoms with Crippen molar-refractivity contribution >= 4 is 40.3 Å². The molecule has 2 aromatic carbocycles. The number of carbonyl (C=O) groups is 4. The largest absolute Gasteiger partial charge is 0.341 e. The van der Waals surface area contributed by atoms with Crippen LogP contribution in [0.5, 0.6) is 0 Å². The Morgan fingerprint density at radius 3 is 2.49 bits per heavy atom. The fourth-order valence-electron chi connectivity index (χ4n) is 5.39. The zero-order valence-corrected chi connectivity index (χ0v) is 21.7. The summed E-state index contributed by atoms with van der Waals surface area (Å²) in [6.45, 7) is 3.78. The van der Waals surface area contributed by atoms with Crippen molar-refractivity contribution in [3.8, 4) is 0 Å². The molecule has 12 heteroatoms. The molecule has 1 aromatic heterocycles. The minimum absolute atomic E-state index is 0.156. The molecule has 2 fully saturated rings. The third kappa shape index (κ3) is 4.39. The highest BCUT2D eigenvalue weighted by molar-refractivity contribution is 6.17. The molecule has 5 rings (SSSR count). The molecule has 1 unspecified atom stereocenters. The molecule has 2 aliphatic heterocycles. The minimum atomic E-state index is -1.17. The van der Waals surface area contributed by atoms with Gasteiger partial charge in [0.15, 0.2) is 0 Å². The number of halogens is 2. The van der Waals surface area contributed by atoms with Gasteiger partial charge in [-0.3, -0.25) is 29.3 Å². The van der Waals surface area contributed by atoms with Gasteiger partial charge in [0.05, 0.1) is 17.3 Å². The van der Waals surface area contributed by atoms with E-state index in [-0.39, 0.29) is 37.8 Å². The normalized spacial score (nSPS) is 17.9. The average molecular weight is 539 g/mol. The zero-order chi connectivity index (χ0) is 28.1. The fraction of sp³-hybridized carbons (Fsp3) is 0.370. The predicted octanol–water partition coefficient (Wildman–Crippen LogP) is 3.06. The number of urea groups is 1. The van der Waals surface area contributed by atoms with E-state index in [2.05, 4.69) is 15.5 Å². The summed E-state index contributed by atoms with van der Waals surface area (Å²) < 4.78 is 27.8. The predicted molar refractivity (Wildman–Crippen MR) is 138 cm³/mol. The van der Waals surface area contributed by atoms with Crippen LogP contribution in [0.15, 0.2) is 42.6 Å². The van der Waals surface area contributed by atoms with Crippen LogP contribution in [0, 0.1) is 17.6 Å². The molecule has 39 heavy (non-hydrogen) atoms. The highest BCUT2D eigenvalue weighted by Gasteiger charge is 2.58. The number of aromatic nitrogens is 2. The number of rotatable bonds is 5. The van der Waals surface area contributed by atoms with Crippen LogP contribution < -0.4 is 10.2 Å². The Bertz CT molecular complexity index is 1480. The van der Waals surface area contributed by atoms with Crippen LogP contribution in [0.2, 0.25) is 0 Å². The van der Waals surface area contributed by atoms with E-state index in [0.717, 1.165) is 34.0 Å². The summed E-state index contributed by atoms with van der Waals surface area (Å²) in [7, 11) is 1.44. The maximum atomic E-state index is 14.1. The van der Waals surface area contributed by atoms with Crippen molar-refractivity contribution in [3.05, 3.63) is 59.8 Å². The molecule has 2 N–H and O–H groups in total. The second kappa shape index (κ2) is 9.75. The smallest absolute Gasteiger partial charge is 0.331 e. The highest BCUT2D eigenvalue weighted by atomic mass is 19.1. The summed E-state index contributed by atoms with van der Waals surface area (Å²) in [4.78, 5) is 56.9. The van der Waals surface area contributed by atoms with E-state index in [0.29, 0.717) is 5.69 Å². The lowest BCUT2D eigenvalue weighted by atomic mass is 9.85. The van der Waals surface area contributed by atoms with E-state index in [1.807, 2.05) is 0 Å². The van der Waals surface area contributed by atoms with Gasteiger partial charge in [0.1, 0.15) is 23.2 Å². The van der Waals surface area contributed by atoms with E-state index in [9.17, 15) is 28.0 Å². The number of hydrogen-bond acceptors (Lipinski definition) is 5. The third-order valence-corrected chi connectivity index (χ3v) is 7.59. The number of nitrogens with one attached hydrogen (secondary N) is 2. The average Bonchev–Trinajstić information content (AvgIpc) is 3.45. The van der Waals surface area contributed by atoms with Gasteiger partial charge in [-0.15, -0.1) is 0 Å². The quantitative estimate of drug-likeness (QED) is 0.484. The number of amides is 5. The van der Waals surface area contributed by atoms with Gasteiger partial charge in [-0.25, -0.2) is 13.6 Å². The molecule has 0 bridgehead atoms. The maximum absolute atomic E-state index is 14.1. The molecule has 2 aliphatic rings. The summed E-state index contributed by atoms with van der Waals surface area (Å²) in [6, 6.07) is 6.42. The number of H-pyrrole nitrogens is 1. The number of imide groups is 1. The first-order valence-electron chi connectivity index (χ1n) is 12.6. The lowest BCUT2D eigenvalue weighted by Gasteiger charge is -2.43. The molecule has 204 valence electrons. The SMILES string of the molecule is CC(C)C(NC(=O)c1cc(F)ccc1F)C(=O)N1CCC2(CC1)C(=O)N(C)C(=O)N2c1ccc2[nH]ncc2c1. The van der Waals surface area contributed by atoms with Gasteiger partial charge in [0.25, 0.3) is 11.8 Å². The Morgan fingerprint density at radius 1 is 1.08 bits per heavy atom. The van der Waals surface area contributed by atoms with Gasteiger partial charge in [-0.2, -0.15) is 5.10 Å². The van der Waals surface area contributed by atoms with Crippen LogP contribution >= 0.6 is 0 Å². The number of likely N-dealkylation sites (tertiary alicyclic amines) is 1. The van der Waals surface area contributed by atoms with Crippen molar-refractivity contribution in [1.82, 2.24) is 25.3 Å². The molecule has 2 saturated heterocycles. The molecule has 5 amide bonds. The standard InChI is InChI=1S/C27H28F2N6O4/c1-15(2)22(31-23(36)19-13-17(28)4-6-20(19)29)24(37)34-10-8-27(9-11-34)25(38)33(3)26(39)35(27)18-5-7-21-16(12-18)14-30-32-21/h4-7,12-15,22H,8-11H2,1-3H3,(H,30,32)(H,31,36). The van der Waals surface area contributed by atoms with Gasteiger partial charge in [-0.1, -0.05) is 13.8 Å². The number of nitrogens with zero attached hydrogens (tertiary/aromatic N) is 4. The molecule has 0 radical (unpaired) electrons. The first kappa shape index (κ1) is 26.3. The monoisotopic (exact) mass is 538 g/mol.